The number of alkyl halides is 3. The molecule has 1 N–H and O–H groups in total. The molecule has 0 radical (unpaired) electrons. The molecule has 0 bridgehead atoms. The van der Waals surface area contributed by atoms with Crippen LogP contribution in [0.2, 0.25) is 5.02 Å². The molecule has 11 heteroatoms. The van der Waals surface area contributed by atoms with Gasteiger partial charge in [-0.05, 0) is 26.8 Å². The minimum Gasteiger partial charge on any atom is -0.353 e. The van der Waals surface area contributed by atoms with Gasteiger partial charge in [0.1, 0.15) is 11.6 Å². The van der Waals surface area contributed by atoms with E-state index in [1.54, 1.807) is 16.9 Å². The van der Waals surface area contributed by atoms with Crippen LogP contribution in [0.25, 0.3) is 0 Å². The van der Waals surface area contributed by atoms with Crippen LogP contribution >= 0.6 is 11.6 Å². The van der Waals surface area contributed by atoms with Crippen molar-refractivity contribution in [3.63, 3.8) is 0 Å². The molecular weight excluding hydrogens is 421 g/mol. The fourth-order valence-corrected chi connectivity index (χ4v) is 3.65. The van der Waals surface area contributed by atoms with Crippen LogP contribution in [0.5, 0.6) is 0 Å². The van der Waals surface area contributed by atoms with Gasteiger partial charge in [-0.2, -0.15) is 18.3 Å². The van der Waals surface area contributed by atoms with E-state index in [-0.39, 0.29) is 23.0 Å². The van der Waals surface area contributed by atoms with Crippen molar-refractivity contribution >= 4 is 29.1 Å². The van der Waals surface area contributed by atoms with Crippen molar-refractivity contribution in [3.05, 3.63) is 35.1 Å². The van der Waals surface area contributed by atoms with Gasteiger partial charge in [0.15, 0.2) is 0 Å². The van der Waals surface area contributed by atoms with E-state index in [1.165, 1.54) is 0 Å². The molecule has 1 atom stereocenters. The van der Waals surface area contributed by atoms with E-state index in [2.05, 4.69) is 15.4 Å². The summed E-state index contributed by atoms with van der Waals surface area (Å²) in [6, 6.07) is 2.39. The lowest BCUT2D eigenvalue weighted by Crippen LogP contribution is -2.53. The summed E-state index contributed by atoms with van der Waals surface area (Å²) in [6.07, 6.45) is -2.05. The van der Waals surface area contributed by atoms with Gasteiger partial charge in [-0.15, -0.1) is 0 Å². The number of carbonyl (C=O) groups is 1. The lowest BCUT2D eigenvalue weighted by atomic mass is 10.2. The van der Waals surface area contributed by atoms with Gasteiger partial charge < -0.3 is 10.2 Å². The number of hydrogen-bond acceptors (Lipinski definition) is 5. The predicted octanol–water partition coefficient (Wildman–Crippen LogP) is 3.68. The van der Waals surface area contributed by atoms with Gasteiger partial charge >= 0.3 is 6.18 Å². The second kappa shape index (κ2) is 8.81. The number of aromatic nitrogens is 3. The van der Waals surface area contributed by atoms with Crippen LogP contribution in [-0.2, 0) is 11.0 Å². The third-order valence-electron chi connectivity index (χ3n) is 5.10. The van der Waals surface area contributed by atoms with Crippen molar-refractivity contribution in [1.82, 2.24) is 19.7 Å². The zero-order valence-electron chi connectivity index (χ0n) is 16.9. The zero-order valence-corrected chi connectivity index (χ0v) is 17.7. The summed E-state index contributed by atoms with van der Waals surface area (Å²) < 4.78 is 40.1. The van der Waals surface area contributed by atoms with Gasteiger partial charge in [0, 0.05) is 44.5 Å². The summed E-state index contributed by atoms with van der Waals surface area (Å²) in [7, 11) is 0. The number of nitrogens with one attached hydrogen (secondary N) is 1. The summed E-state index contributed by atoms with van der Waals surface area (Å²) in [5, 5.41) is 7.08. The van der Waals surface area contributed by atoms with E-state index >= 15 is 0 Å². The van der Waals surface area contributed by atoms with E-state index in [1.807, 2.05) is 30.6 Å². The average molecular weight is 445 g/mol. The summed E-state index contributed by atoms with van der Waals surface area (Å²) in [5.74, 6) is 0.819. The first-order valence-corrected chi connectivity index (χ1v) is 10.0. The summed E-state index contributed by atoms with van der Waals surface area (Å²) in [5.41, 5.74) is -0.874. The van der Waals surface area contributed by atoms with Crippen molar-refractivity contribution in [3.8, 4) is 0 Å². The molecule has 7 nitrogen and oxygen atoms in total. The number of anilines is 2. The highest BCUT2D eigenvalue weighted by Gasteiger charge is 2.33. The lowest BCUT2D eigenvalue weighted by molar-refractivity contribution is -0.137. The Hall–Kier alpha value is -2.33. The van der Waals surface area contributed by atoms with Crippen LogP contribution in [0.1, 0.15) is 32.4 Å². The number of hydrogen-bond donors (Lipinski definition) is 1. The second-order valence-corrected chi connectivity index (χ2v) is 7.88. The Morgan fingerprint density at radius 1 is 1.20 bits per heavy atom. The average Bonchev–Trinajstić information content (AvgIpc) is 3.15. The Labute approximate surface area is 177 Å². The standard InChI is InChI=1S/C19H24ClF3N6O/c1-12(2)29-16(4-5-25-29)26-18(30)13(3)27-6-8-28(9-7-27)17-15(20)10-14(11-24-17)19(21,22)23/h4-5,10-13H,6-9H2,1-3H3,(H,26,30). The van der Waals surface area contributed by atoms with Gasteiger partial charge in [0.25, 0.3) is 0 Å². The molecule has 2 aromatic rings. The molecule has 3 heterocycles. The third kappa shape index (κ3) is 4.86. The first-order chi connectivity index (χ1) is 14.1. The number of pyridine rings is 1. The van der Waals surface area contributed by atoms with Crippen LogP contribution < -0.4 is 10.2 Å². The van der Waals surface area contributed by atoms with Crippen molar-refractivity contribution in [2.75, 3.05) is 36.4 Å². The maximum atomic E-state index is 12.8. The van der Waals surface area contributed by atoms with E-state index in [0.29, 0.717) is 37.8 Å². The fraction of sp³-hybridized carbons (Fsp3) is 0.526. The zero-order chi connectivity index (χ0) is 22.1. The molecule has 1 aliphatic rings. The maximum absolute atomic E-state index is 12.8. The predicted molar refractivity (Wildman–Crippen MR) is 109 cm³/mol. The normalized spacial score (nSPS) is 16.7. The largest absolute Gasteiger partial charge is 0.417 e. The van der Waals surface area contributed by atoms with Gasteiger partial charge in [0.05, 0.1) is 22.8 Å². The van der Waals surface area contributed by atoms with Gasteiger partial charge in [0.2, 0.25) is 5.91 Å². The number of carbonyl (C=O) groups excluding carboxylic acids is 1. The molecule has 3 rings (SSSR count). The van der Waals surface area contributed by atoms with E-state index in [9.17, 15) is 18.0 Å². The molecule has 0 saturated carbocycles. The maximum Gasteiger partial charge on any atom is 0.417 e. The molecule has 164 valence electrons. The molecule has 30 heavy (non-hydrogen) atoms. The Bertz CT molecular complexity index is 893. The number of nitrogens with zero attached hydrogens (tertiary/aromatic N) is 5. The molecule has 0 spiro atoms. The number of halogens is 4. The molecule has 1 amide bonds. The highest BCUT2D eigenvalue weighted by molar-refractivity contribution is 6.33. The van der Waals surface area contributed by atoms with Crippen LogP contribution in [0.15, 0.2) is 24.5 Å². The first kappa shape index (κ1) is 22.4. The van der Waals surface area contributed by atoms with Gasteiger partial charge in [-0.3, -0.25) is 9.69 Å². The highest BCUT2D eigenvalue weighted by atomic mass is 35.5. The Kier molecular flexibility index (Phi) is 6.56. The SMILES string of the molecule is CC(C(=O)Nc1ccnn1C(C)C)N1CCN(c2ncc(C(F)(F)F)cc2Cl)CC1. The van der Waals surface area contributed by atoms with E-state index < -0.39 is 11.7 Å². The van der Waals surface area contributed by atoms with Crippen molar-refractivity contribution in [1.29, 1.82) is 0 Å². The number of amides is 1. The van der Waals surface area contributed by atoms with Crippen LogP contribution in [0, 0.1) is 0 Å². The molecule has 0 aromatic carbocycles. The molecule has 1 fully saturated rings. The molecule has 1 saturated heterocycles. The molecule has 2 aromatic heterocycles. The van der Waals surface area contributed by atoms with Crippen LogP contribution in [0.4, 0.5) is 24.8 Å². The molecule has 1 aliphatic heterocycles. The van der Waals surface area contributed by atoms with Crippen LogP contribution in [-0.4, -0.2) is 57.8 Å². The minimum absolute atomic E-state index is 0.0361. The number of piperazine rings is 1. The molecule has 1 unspecified atom stereocenters. The monoisotopic (exact) mass is 444 g/mol. The molecule has 0 aliphatic carbocycles. The Morgan fingerprint density at radius 2 is 1.87 bits per heavy atom. The first-order valence-electron chi connectivity index (χ1n) is 9.64. The van der Waals surface area contributed by atoms with Gasteiger partial charge in [-0.1, -0.05) is 11.6 Å². The van der Waals surface area contributed by atoms with Gasteiger partial charge in [-0.25, -0.2) is 9.67 Å². The minimum atomic E-state index is -4.48. The van der Waals surface area contributed by atoms with Crippen LogP contribution in [0.3, 0.4) is 0 Å². The fourth-order valence-electron chi connectivity index (χ4n) is 3.36. The summed E-state index contributed by atoms with van der Waals surface area (Å²) >= 11 is 6.05. The number of rotatable bonds is 5. The smallest absolute Gasteiger partial charge is 0.353 e. The third-order valence-corrected chi connectivity index (χ3v) is 5.38. The topological polar surface area (TPSA) is 66.3 Å². The van der Waals surface area contributed by atoms with Crippen molar-refractivity contribution in [2.45, 2.75) is 39.0 Å². The summed E-state index contributed by atoms with van der Waals surface area (Å²) in [4.78, 5) is 20.4. The van der Waals surface area contributed by atoms with E-state index in [4.69, 9.17) is 11.6 Å². The molecular formula is C19H24ClF3N6O. The van der Waals surface area contributed by atoms with E-state index in [0.717, 1.165) is 12.3 Å². The summed E-state index contributed by atoms with van der Waals surface area (Å²) in [6.45, 7) is 7.88. The van der Waals surface area contributed by atoms with Crippen molar-refractivity contribution in [2.24, 2.45) is 0 Å². The highest BCUT2D eigenvalue weighted by Crippen LogP contribution is 2.33. The van der Waals surface area contributed by atoms with Crippen molar-refractivity contribution < 1.29 is 18.0 Å². The Morgan fingerprint density at radius 3 is 2.43 bits per heavy atom. The lowest BCUT2D eigenvalue weighted by Gasteiger charge is -2.38. The second-order valence-electron chi connectivity index (χ2n) is 7.47. The quantitative estimate of drug-likeness (QED) is 0.762. The Balaban J connectivity index is 1.60.